The second-order valence-electron chi connectivity index (χ2n) is 8.56. The van der Waals surface area contributed by atoms with Crippen LogP contribution in [0.5, 0.6) is 0 Å². The van der Waals surface area contributed by atoms with E-state index in [-0.39, 0.29) is 24.3 Å². The molecule has 7 heteroatoms. The molecule has 0 spiro atoms. The van der Waals surface area contributed by atoms with Crippen LogP contribution >= 0.6 is 0 Å². The Morgan fingerprint density at radius 3 is 2.49 bits per heavy atom. The van der Waals surface area contributed by atoms with E-state index in [2.05, 4.69) is 4.98 Å². The van der Waals surface area contributed by atoms with E-state index in [0.717, 1.165) is 16.8 Å². The first kappa shape index (κ1) is 22.9. The van der Waals surface area contributed by atoms with Gasteiger partial charge in [0.25, 0.3) is 0 Å². The van der Waals surface area contributed by atoms with E-state index in [1.807, 2.05) is 41.3 Å². The smallest absolute Gasteiger partial charge is 0.150 e. The molecule has 3 N–H and O–H groups in total. The molecule has 0 bridgehead atoms. The van der Waals surface area contributed by atoms with Crippen LogP contribution in [0.4, 0.5) is 11.5 Å². The van der Waals surface area contributed by atoms with Gasteiger partial charge >= 0.3 is 0 Å². The molecular weight excluding hydrogens is 444 g/mol. The summed E-state index contributed by atoms with van der Waals surface area (Å²) in [6.07, 6.45) is 2.97. The van der Waals surface area contributed by atoms with Crippen molar-refractivity contribution in [2.24, 2.45) is 0 Å². The molecule has 1 aromatic heterocycles. The van der Waals surface area contributed by atoms with Crippen molar-refractivity contribution in [3.05, 3.63) is 88.6 Å². The molecule has 4 aromatic rings. The molecule has 0 saturated heterocycles. The molecule has 1 atom stereocenters. The Kier molecular flexibility index (Phi) is 6.13. The van der Waals surface area contributed by atoms with Crippen molar-refractivity contribution in [2.75, 3.05) is 11.4 Å². The number of nitrogens with zero attached hydrogens (tertiary/aromatic N) is 2. The fourth-order valence-corrected chi connectivity index (χ4v) is 4.94. The van der Waals surface area contributed by atoms with Crippen molar-refractivity contribution in [2.45, 2.75) is 25.7 Å². The molecule has 176 valence electrons. The number of aromatic nitrogens is 1. The standard InChI is InChI=1S/C28H24N2O5/c31-13-19-9-18-10-21(15-33)24(16-34)28(23(18)11-20(19)14-32)17-5-7-29-27(12-17)30-8-6-26(35)22-3-1-2-4-25(22)30/h1-5,7,9-14,26,33-35H,6,8,15-16H2. The van der Waals surface area contributed by atoms with Crippen molar-refractivity contribution < 1.29 is 24.9 Å². The third-order valence-electron chi connectivity index (χ3n) is 6.65. The lowest BCUT2D eigenvalue weighted by Gasteiger charge is -2.33. The number of carbonyl (C=O) groups is 2. The van der Waals surface area contributed by atoms with E-state index < -0.39 is 6.10 Å². The minimum absolute atomic E-state index is 0.252. The van der Waals surface area contributed by atoms with Gasteiger partial charge in [0, 0.05) is 35.1 Å². The third kappa shape index (κ3) is 3.89. The zero-order valence-corrected chi connectivity index (χ0v) is 18.9. The van der Waals surface area contributed by atoms with Gasteiger partial charge in [-0.2, -0.15) is 0 Å². The average Bonchev–Trinajstić information content (AvgIpc) is 2.91. The number of aliphatic hydroxyl groups is 3. The van der Waals surface area contributed by atoms with Gasteiger partial charge in [-0.1, -0.05) is 18.2 Å². The summed E-state index contributed by atoms with van der Waals surface area (Å²) in [5, 5.41) is 32.1. The quantitative estimate of drug-likeness (QED) is 0.366. The van der Waals surface area contributed by atoms with Crippen LogP contribution in [0.3, 0.4) is 0 Å². The van der Waals surface area contributed by atoms with Crippen LogP contribution < -0.4 is 4.90 Å². The molecule has 3 aromatic carbocycles. The first-order valence-corrected chi connectivity index (χ1v) is 11.3. The van der Waals surface area contributed by atoms with Gasteiger partial charge in [0.15, 0.2) is 12.6 Å². The van der Waals surface area contributed by atoms with Crippen LogP contribution in [0.15, 0.2) is 60.8 Å². The normalized spacial score (nSPS) is 15.2. The monoisotopic (exact) mass is 468 g/mol. The average molecular weight is 469 g/mol. The van der Waals surface area contributed by atoms with Gasteiger partial charge in [-0.3, -0.25) is 9.59 Å². The third-order valence-corrected chi connectivity index (χ3v) is 6.65. The fraction of sp³-hybridized carbons (Fsp3) is 0.179. The molecule has 2 heterocycles. The van der Waals surface area contributed by atoms with Crippen molar-refractivity contribution in [3.63, 3.8) is 0 Å². The highest BCUT2D eigenvalue weighted by molar-refractivity contribution is 6.05. The Morgan fingerprint density at radius 2 is 1.74 bits per heavy atom. The lowest BCUT2D eigenvalue weighted by atomic mass is 9.88. The predicted octanol–water partition coefficient (Wildman–Crippen LogP) is 4.09. The number of carbonyl (C=O) groups excluding carboxylic acids is 2. The van der Waals surface area contributed by atoms with Gasteiger partial charge in [0.05, 0.1) is 19.3 Å². The zero-order chi connectivity index (χ0) is 24.5. The summed E-state index contributed by atoms with van der Waals surface area (Å²) in [6, 6.07) is 16.4. The molecule has 1 unspecified atom stereocenters. The molecule has 5 rings (SSSR count). The summed E-state index contributed by atoms with van der Waals surface area (Å²) in [7, 11) is 0. The summed E-state index contributed by atoms with van der Waals surface area (Å²) >= 11 is 0. The van der Waals surface area contributed by atoms with E-state index in [1.54, 1.807) is 24.4 Å². The molecule has 35 heavy (non-hydrogen) atoms. The van der Waals surface area contributed by atoms with Gasteiger partial charge in [0.2, 0.25) is 0 Å². The van der Waals surface area contributed by atoms with Crippen molar-refractivity contribution in [1.82, 2.24) is 4.98 Å². The second kappa shape index (κ2) is 9.38. The summed E-state index contributed by atoms with van der Waals surface area (Å²) in [5.74, 6) is 0.674. The lowest BCUT2D eigenvalue weighted by Crippen LogP contribution is -2.27. The molecule has 7 nitrogen and oxygen atoms in total. The van der Waals surface area contributed by atoms with Gasteiger partial charge < -0.3 is 20.2 Å². The maximum atomic E-state index is 11.7. The Bertz CT molecular complexity index is 1450. The topological polar surface area (TPSA) is 111 Å². The number of aldehydes is 2. The van der Waals surface area contributed by atoms with Crippen LogP contribution in [0.1, 0.15) is 49.9 Å². The largest absolute Gasteiger partial charge is 0.392 e. The number of anilines is 2. The van der Waals surface area contributed by atoms with E-state index >= 15 is 0 Å². The van der Waals surface area contributed by atoms with Crippen molar-refractivity contribution in [1.29, 1.82) is 0 Å². The second-order valence-corrected chi connectivity index (χ2v) is 8.56. The predicted molar refractivity (Wildman–Crippen MR) is 133 cm³/mol. The molecule has 0 fully saturated rings. The fourth-order valence-electron chi connectivity index (χ4n) is 4.94. The van der Waals surface area contributed by atoms with Gasteiger partial charge in [-0.25, -0.2) is 4.98 Å². The molecule has 0 saturated carbocycles. The number of para-hydroxylation sites is 1. The number of hydrogen-bond acceptors (Lipinski definition) is 7. The van der Waals surface area contributed by atoms with Gasteiger partial charge in [0.1, 0.15) is 5.82 Å². The minimum Gasteiger partial charge on any atom is -0.392 e. The number of rotatable bonds is 6. The molecule has 0 radical (unpaired) electrons. The maximum absolute atomic E-state index is 11.7. The number of fused-ring (bicyclic) bond motifs is 2. The number of hydrogen-bond donors (Lipinski definition) is 3. The maximum Gasteiger partial charge on any atom is 0.150 e. The lowest BCUT2D eigenvalue weighted by molar-refractivity contribution is 0.109. The number of benzene rings is 3. The first-order chi connectivity index (χ1) is 17.1. The van der Waals surface area contributed by atoms with Crippen LogP contribution in [0.2, 0.25) is 0 Å². The molecule has 0 aliphatic carbocycles. The Morgan fingerprint density at radius 1 is 0.971 bits per heavy atom. The van der Waals surface area contributed by atoms with Crippen LogP contribution in [-0.2, 0) is 13.2 Å². The van der Waals surface area contributed by atoms with Crippen molar-refractivity contribution >= 4 is 34.9 Å². The zero-order valence-electron chi connectivity index (χ0n) is 18.9. The Hall–Kier alpha value is -3.91. The van der Waals surface area contributed by atoms with Crippen molar-refractivity contribution in [3.8, 4) is 11.1 Å². The molecule has 1 aliphatic heterocycles. The highest BCUT2D eigenvalue weighted by Gasteiger charge is 2.25. The highest BCUT2D eigenvalue weighted by Crippen LogP contribution is 2.40. The van der Waals surface area contributed by atoms with E-state index in [4.69, 9.17) is 0 Å². The summed E-state index contributed by atoms with van der Waals surface area (Å²) in [6.45, 7) is -0.0274. The van der Waals surface area contributed by atoms with Crippen LogP contribution in [0, 0.1) is 0 Å². The summed E-state index contributed by atoms with van der Waals surface area (Å²) < 4.78 is 0. The summed E-state index contributed by atoms with van der Waals surface area (Å²) in [4.78, 5) is 29.8. The Balaban J connectivity index is 1.74. The Labute approximate surface area is 201 Å². The van der Waals surface area contributed by atoms with E-state index in [9.17, 15) is 24.9 Å². The summed E-state index contributed by atoms with van der Waals surface area (Å²) in [5.41, 5.74) is 4.73. The number of pyridine rings is 1. The van der Waals surface area contributed by atoms with E-state index in [1.165, 1.54) is 0 Å². The van der Waals surface area contributed by atoms with Crippen LogP contribution in [0.25, 0.3) is 21.9 Å². The SMILES string of the molecule is O=Cc1cc2cc(CO)c(CO)c(-c3ccnc(N4CCC(O)c5ccccc54)c3)c2cc1C=O. The van der Waals surface area contributed by atoms with E-state index in [0.29, 0.717) is 58.8 Å². The highest BCUT2D eigenvalue weighted by atomic mass is 16.3. The minimum atomic E-state index is -0.536. The number of aliphatic hydroxyl groups excluding tert-OH is 3. The molecular formula is C28H24N2O5. The van der Waals surface area contributed by atoms with Gasteiger partial charge in [-0.05, 0) is 75.8 Å². The first-order valence-electron chi connectivity index (χ1n) is 11.3. The molecule has 1 aliphatic rings. The van der Waals surface area contributed by atoms with Gasteiger partial charge in [-0.15, -0.1) is 0 Å². The van der Waals surface area contributed by atoms with Crippen LogP contribution in [-0.4, -0.2) is 39.4 Å². The molecule has 0 amide bonds.